The lowest BCUT2D eigenvalue weighted by atomic mass is 9.96. The van der Waals surface area contributed by atoms with Crippen LogP contribution < -0.4 is 4.90 Å². The number of benzene rings is 6. The van der Waals surface area contributed by atoms with E-state index in [9.17, 15) is 0 Å². The summed E-state index contributed by atoms with van der Waals surface area (Å²) < 4.78 is 0. The molecule has 0 fully saturated rings. The molecule has 0 amide bonds. The molecule has 5 heteroatoms. The Morgan fingerprint density at radius 2 is 1.22 bits per heavy atom. The third kappa shape index (κ3) is 4.13. The number of anilines is 1. The Morgan fingerprint density at radius 1 is 0.556 bits per heavy atom. The van der Waals surface area contributed by atoms with Crippen LogP contribution in [0.2, 0.25) is 0 Å². The van der Waals surface area contributed by atoms with Crippen molar-refractivity contribution in [2.75, 3.05) is 11.4 Å². The fraction of sp³-hybridized carbons (Fsp3) is 0.0250. The Hall–Kier alpha value is -6.07. The van der Waals surface area contributed by atoms with Gasteiger partial charge in [-0.2, -0.15) is 0 Å². The molecule has 2 aliphatic rings. The minimum atomic E-state index is 0.624. The minimum Gasteiger partial charge on any atom is -0.321 e. The summed E-state index contributed by atoms with van der Waals surface area (Å²) in [6.07, 6.45) is 8.15. The van der Waals surface area contributed by atoms with Gasteiger partial charge in [0.1, 0.15) is 17.8 Å². The highest BCUT2D eigenvalue weighted by molar-refractivity contribution is 6.12. The van der Waals surface area contributed by atoms with Gasteiger partial charge in [0.25, 0.3) is 0 Å². The van der Waals surface area contributed by atoms with E-state index in [4.69, 9.17) is 15.0 Å². The molecule has 0 saturated heterocycles. The second-order valence-electron chi connectivity index (χ2n) is 11.3. The van der Waals surface area contributed by atoms with Crippen LogP contribution >= 0.6 is 0 Å². The van der Waals surface area contributed by atoms with Crippen molar-refractivity contribution in [3.63, 3.8) is 0 Å². The normalized spacial score (nSPS) is 14.4. The van der Waals surface area contributed by atoms with Crippen molar-refractivity contribution >= 4 is 49.4 Å². The predicted octanol–water partition coefficient (Wildman–Crippen LogP) is 9.06. The molecule has 0 N–H and O–H groups in total. The number of fused-ring (bicyclic) bond motifs is 4. The SMILES string of the molecule is C1=CCN2C(=C1)N(c1ccccc1)C(c1ncnc(-c3c4ccccc4cc4ccccc34)n1)=C2c1ccc2ccccc2c1. The molecule has 0 saturated carbocycles. The van der Waals surface area contributed by atoms with Gasteiger partial charge in [-0.1, -0.05) is 115 Å². The third-order valence-corrected chi connectivity index (χ3v) is 8.71. The van der Waals surface area contributed by atoms with Crippen LogP contribution in [0.25, 0.3) is 55.1 Å². The lowest BCUT2D eigenvalue weighted by Crippen LogP contribution is -2.27. The van der Waals surface area contributed by atoms with Crippen LogP contribution in [-0.4, -0.2) is 26.4 Å². The molecule has 3 heterocycles. The van der Waals surface area contributed by atoms with Gasteiger partial charge in [0, 0.05) is 23.4 Å². The summed E-state index contributed by atoms with van der Waals surface area (Å²) in [6.45, 7) is 0.743. The molecule has 9 rings (SSSR count). The van der Waals surface area contributed by atoms with Gasteiger partial charge < -0.3 is 4.90 Å². The van der Waals surface area contributed by atoms with Crippen molar-refractivity contribution in [2.24, 2.45) is 0 Å². The highest BCUT2D eigenvalue weighted by Gasteiger charge is 2.38. The first-order valence-electron chi connectivity index (χ1n) is 15.2. The molecule has 0 unspecified atom stereocenters. The van der Waals surface area contributed by atoms with E-state index < -0.39 is 0 Å². The van der Waals surface area contributed by atoms with E-state index in [1.165, 1.54) is 10.8 Å². The summed E-state index contributed by atoms with van der Waals surface area (Å²) in [4.78, 5) is 19.6. The molecule has 7 aromatic rings. The maximum absolute atomic E-state index is 5.30. The summed E-state index contributed by atoms with van der Waals surface area (Å²) in [5.41, 5.74) is 5.18. The molecule has 0 atom stereocenters. The van der Waals surface area contributed by atoms with Crippen LogP contribution in [0.5, 0.6) is 0 Å². The number of para-hydroxylation sites is 1. The second-order valence-corrected chi connectivity index (χ2v) is 11.3. The molecule has 5 nitrogen and oxygen atoms in total. The third-order valence-electron chi connectivity index (χ3n) is 8.71. The average Bonchev–Trinajstić information content (AvgIpc) is 3.46. The van der Waals surface area contributed by atoms with E-state index >= 15 is 0 Å². The van der Waals surface area contributed by atoms with Gasteiger partial charge in [0.15, 0.2) is 11.6 Å². The van der Waals surface area contributed by atoms with Gasteiger partial charge in [-0.15, -0.1) is 0 Å². The van der Waals surface area contributed by atoms with Crippen LogP contribution in [0.3, 0.4) is 0 Å². The number of nitrogens with zero attached hydrogens (tertiary/aromatic N) is 5. The van der Waals surface area contributed by atoms with Gasteiger partial charge >= 0.3 is 0 Å². The quantitative estimate of drug-likeness (QED) is 0.195. The number of hydrogen-bond acceptors (Lipinski definition) is 5. The molecule has 0 aliphatic carbocycles. The van der Waals surface area contributed by atoms with Gasteiger partial charge in [-0.3, -0.25) is 4.90 Å². The maximum atomic E-state index is 5.30. The Bertz CT molecular complexity index is 2320. The molecule has 1 aromatic heterocycles. The molecule has 0 bridgehead atoms. The highest BCUT2D eigenvalue weighted by atomic mass is 15.4. The maximum Gasteiger partial charge on any atom is 0.182 e. The lowest BCUT2D eigenvalue weighted by Gasteiger charge is -2.28. The zero-order valence-corrected chi connectivity index (χ0v) is 24.4. The van der Waals surface area contributed by atoms with Gasteiger partial charge in [0.2, 0.25) is 0 Å². The first-order chi connectivity index (χ1) is 22.3. The zero-order chi connectivity index (χ0) is 29.7. The largest absolute Gasteiger partial charge is 0.321 e. The molecular weight excluding hydrogens is 550 g/mol. The number of allylic oxidation sites excluding steroid dienone is 2. The van der Waals surface area contributed by atoms with E-state index in [0.717, 1.165) is 62.1 Å². The summed E-state index contributed by atoms with van der Waals surface area (Å²) in [5, 5.41) is 6.95. The molecule has 45 heavy (non-hydrogen) atoms. The number of hydrogen-bond donors (Lipinski definition) is 0. The smallest absolute Gasteiger partial charge is 0.182 e. The summed E-state index contributed by atoms with van der Waals surface area (Å²) in [5.74, 6) is 2.35. The molecular formula is C40H27N5. The lowest BCUT2D eigenvalue weighted by molar-refractivity contribution is 0.546. The van der Waals surface area contributed by atoms with Crippen molar-refractivity contribution in [2.45, 2.75) is 0 Å². The fourth-order valence-corrected chi connectivity index (χ4v) is 6.71. The van der Waals surface area contributed by atoms with Crippen molar-refractivity contribution < 1.29 is 0 Å². The van der Waals surface area contributed by atoms with Crippen molar-refractivity contribution in [3.8, 4) is 11.4 Å². The number of rotatable bonds is 4. The topological polar surface area (TPSA) is 45.2 Å². The molecule has 0 radical (unpaired) electrons. The predicted molar refractivity (Wildman–Crippen MR) is 184 cm³/mol. The molecule has 0 spiro atoms. The van der Waals surface area contributed by atoms with Crippen LogP contribution in [0.1, 0.15) is 11.4 Å². The summed E-state index contributed by atoms with van der Waals surface area (Å²) in [6, 6.07) is 44.8. The van der Waals surface area contributed by atoms with Crippen LogP contribution in [0.15, 0.2) is 158 Å². The van der Waals surface area contributed by atoms with E-state index in [2.05, 4.69) is 149 Å². The van der Waals surface area contributed by atoms with E-state index in [-0.39, 0.29) is 0 Å². The minimum absolute atomic E-state index is 0.624. The highest BCUT2D eigenvalue weighted by Crippen LogP contribution is 2.46. The Labute approximate surface area is 260 Å². The van der Waals surface area contributed by atoms with Crippen molar-refractivity contribution in [1.82, 2.24) is 19.9 Å². The van der Waals surface area contributed by atoms with Crippen molar-refractivity contribution in [1.29, 1.82) is 0 Å². The van der Waals surface area contributed by atoms with Gasteiger partial charge in [0.05, 0.1) is 5.70 Å². The summed E-state index contributed by atoms with van der Waals surface area (Å²) >= 11 is 0. The average molecular weight is 578 g/mol. The summed E-state index contributed by atoms with van der Waals surface area (Å²) in [7, 11) is 0. The zero-order valence-electron chi connectivity index (χ0n) is 24.4. The van der Waals surface area contributed by atoms with E-state index in [0.29, 0.717) is 11.6 Å². The standard InChI is InChI=1S/C40H27N5/c1-2-16-32(17-3-1)45-35-20-10-11-23-44(35)37(31-22-21-27-12-4-5-13-28(27)24-31)38(45)40-42-26-41-39(43-40)36-33-18-8-6-14-29(33)25-30-15-7-9-19-34(30)36/h1-22,24-26H,23H2. The second kappa shape index (κ2) is 10.3. The first kappa shape index (κ1) is 25.4. The molecule has 212 valence electrons. The Morgan fingerprint density at radius 3 is 2.00 bits per heavy atom. The van der Waals surface area contributed by atoms with Crippen LogP contribution in [0.4, 0.5) is 5.69 Å². The van der Waals surface area contributed by atoms with Gasteiger partial charge in [-0.25, -0.2) is 15.0 Å². The monoisotopic (exact) mass is 577 g/mol. The molecule has 2 aliphatic heterocycles. The molecule has 6 aromatic carbocycles. The Kier molecular flexibility index (Phi) is 5.81. The first-order valence-corrected chi connectivity index (χ1v) is 15.2. The van der Waals surface area contributed by atoms with E-state index in [1.807, 2.05) is 6.07 Å². The van der Waals surface area contributed by atoms with E-state index in [1.54, 1.807) is 6.33 Å². The fourth-order valence-electron chi connectivity index (χ4n) is 6.71. The van der Waals surface area contributed by atoms with Crippen molar-refractivity contribution in [3.05, 3.63) is 169 Å². The number of aromatic nitrogens is 3. The van der Waals surface area contributed by atoms with Crippen LogP contribution in [-0.2, 0) is 0 Å². The van der Waals surface area contributed by atoms with Gasteiger partial charge in [-0.05, 0) is 62.7 Å². The Balaban J connectivity index is 1.34. The van der Waals surface area contributed by atoms with Crippen LogP contribution in [0, 0.1) is 0 Å².